The molecule has 4 atom stereocenters. The molecule has 23 heavy (non-hydrogen) atoms. The average Bonchev–Trinajstić information content (AvgIpc) is 3.31. The fourth-order valence-electron chi connectivity index (χ4n) is 4.19. The van der Waals surface area contributed by atoms with Gasteiger partial charge in [-0.2, -0.15) is 0 Å². The molecule has 0 spiro atoms. The van der Waals surface area contributed by atoms with Gasteiger partial charge in [0.15, 0.2) is 0 Å². The lowest BCUT2D eigenvalue weighted by atomic mass is 9.85. The van der Waals surface area contributed by atoms with Crippen molar-refractivity contribution in [3.8, 4) is 5.69 Å². The van der Waals surface area contributed by atoms with Gasteiger partial charge in [0.1, 0.15) is 6.33 Å². The van der Waals surface area contributed by atoms with Crippen LogP contribution in [0.25, 0.3) is 5.69 Å². The highest BCUT2D eigenvalue weighted by Gasteiger charge is 2.47. The zero-order valence-electron chi connectivity index (χ0n) is 12.8. The molecule has 2 bridgehead atoms. The Morgan fingerprint density at radius 2 is 2.04 bits per heavy atom. The Balaban J connectivity index is 1.49. The molecule has 2 fully saturated rings. The predicted octanol–water partition coefficient (Wildman–Crippen LogP) is 1.40. The third kappa shape index (κ3) is 2.53. The van der Waals surface area contributed by atoms with E-state index in [1.807, 2.05) is 30.3 Å². The van der Waals surface area contributed by atoms with E-state index in [0.717, 1.165) is 18.5 Å². The Morgan fingerprint density at radius 3 is 2.83 bits per heavy atom. The summed E-state index contributed by atoms with van der Waals surface area (Å²) in [7, 11) is 0. The summed E-state index contributed by atoms with van der Waals surface area (Å²) < 4.78 is 1.60. The number of nitrogens with zero attached hydrogens (tertiary/aromatic N) is 3. The number of aliphatic hydroxyl groups is 1. The molecule has 2 saturated carbocycles. The van der Waals surface area contributed by atoms with Gasteiger partial charge < -0.3 is 10.4 Å². The van der Waals surface area contributed by atoms with Gasteiger partial charge in [-0.15, -0.1) is 5.10 Å². The minimum Gasteiger partial charge on any atom is -0.396 e. The van der Waals surface area contributed by atoms with E-state index in [9.17, 15) is 9.90 Å². The number of fused-ring (bicyclic) bond motifs is 2. The molecule has 2 aliphatic rings. The normalized spacial score (nSPS) is 28.9. The quantitative estimate of drug-likeness (QED) is 0.894. The van der Waals surface area contributed by atoms with Crippen LogP contribution in [0.5, 0.6) is 0 Å². The highest BCUT2D eigenvalue weighted by Crippen LogP contribution is 2.48. The Bertz CT molecular complexity index is 700. The van der Waals surface area contributed by atoms with Crippen molar-refractivity contribution in [1.29, 1.82) is 0 Å². The van der Waals surface area contributed by atoms with E-state index in [1.165, 1.54) is 6.42 Å². The van der Waals surface area contributed by atoms with Crippen LogP contribution in [0.1, 0.15) is 29.9 Å². The lowest BCUT2D eigenvalue weighted by Crippen LogP contribution is -2.45. The fraction of sp³-hybridized carbons (Fsp3) is 0.471. The SMILES string of the molecule is O=C(NC1C2CCC(C2)C1CO)c1ncn(-c2ccccc2)n1. The van der Waals surface area contributed by atoms with Gasteiger partial charge in [0.25, 0.3) is 5.91 Å². The Kier molecular flexibility index (Phi) is 3.61. The molecule has 0 radical (unpaired) electrons. The summed E-state index contributed by atoms with van der Waals surface area (Å²) in [5.41, 5.74) is 0.868. The van der Waals surface area contributed by atoms with Crippen LogP contribution in [0.4, 0.5) is 0 Å². The summed E-state index contributed by atoms with van der Waals surface area (Å²) in [5, 5.41) is 16.9. The number of aromatic nitrogens is 3. The van der Waals surface area contributed by atoms with Crippen LogP contribution in [-0.2, 0) is 0 Å². The average molecular weight is 312 g/mol. The highest BCUT2D eigenvalue weighted by molar-refractivity contribution is 5.90. The van der Waals surface area contributed by atoms with Gasteiger partial charge in [-0.3, -0.25) is 4.79 Å². The highest BCUT2D eigenvalue weighted by atomic mass is 16.3. The fourth-order valence-corrected chi connectivity index (χ4v) is 4.19. The summed E-state index contributed by atoms with van der Waals surface area (Å²) in [4.78, 5) is 16.6. The summed E-state index contributed by atoms with van der Waals surface area (Å²) >= 11 is 0. The summed E-state index contributed by atoms with van der Waals surface area (Å²) in [6.07, 6.45) is 4.97. The van der Waals surface area contributed by atoms with Crippen molar-refractivity contribution < 1.29 is 9.90 Å². The molecule has 0 aliphatic heterocycles. The maximum absolute atomic E-state index is 12.5. The molecule has 6 heteroatoms. The third-order valence-corrected chi connectivity index (χ3v) is 5.31. The number of amides is 1. The van der Waals surface area contributed by atoms with Crippen molar-refractivity contribution in [3.63, 3.8) is 0 Å². The first-order valence-corrected chi connectivity index (χ1v) is 8.15. The number of carbonyl (C=O) groups is 1. The number of benzene rings is 1. The monoisotopic (exact) mass is 312 g/mol. The van der Waals surface area contributed by atoms with Crippen LogP contribution in [0.15, 0.2) is 36.7 Å². The van der Waals surface area contributed by atoms with Crippen LogP contribution in [0.3, 0.4) is 0 Å². The standard InChI is InChI=1S/C17H20N4O2/c22-9-14-11-6-7-12(8-11)15(14)19-17(23)16-18-10-21(20-16)13-4-2-1-3-5-13/h1-5,10-12,14-15,22H,6-9H2,(H,19,23). The maximum atomic E-state index is 12.5. The predicted molar refractivity (Wildman–Crippen MR) is 84.0 cm³/mol. The second-order valence-corrected chi connectivity index (χ2v) is 6.53. The van der Waals surface area contributed by atoms with Crippen LogP contribution in [-0.4, -0.2) is 38.4 Å². The van der Waals surface area contributed by atoms with Crippen LogP contribution < -0.4 is 5.32 Å². The minimum atomic E-state index is -0.254. The van der Waals surface area contributed by atoms with Crippen LogP contribution in [0, 0.1) is 17.8 Å². The van der Waals surface area contributed by atoms with E-state index in [-0.39, 0.29) is 30.3 Å². The second-order valence-electron chi connectivity index (χ2n) is 6.53. The Morgan fingerprint density at radius 1 is 1.26 bits per heavy atom. The summed E-state index contributed by atoms with van der Waals surface area (Å²) in [6, 6.07) is 9.63. The van der Waals surface area contributed by atoms with E-state index < -0.39 is 0 Å². The van der Waals surface area contributed by atoms with Gasteiger partial charge >= 0.3 is 0 Å². The van der Waals surface area contributed by atoms with Crippen LogP contribution >= 0.6 is 0 Å². The molecule has 2 aromatic rings. The largest absolute Gasteiger partial charge is 0.396 e. The molecule has 4 rings (SSSR count). The zero-order chi connectivity index (χ0) is 15.8. The molecule has 2 aliphatic carbocycles. The smallest absolute Gasteiger partial charge is 0.291 e. The van der Waals surface area contributed by atoms with Gasteiger partial charge in [-0.1, -0.05) is 18.2 Å². The van der Waals surface area contributed by atoms with Gasteiger partial charge in [-0.05, 0) is 43.2 Å². The van der Waals surface area contributed by atoms with E-state index in [1.54, 1.807) is 11.0 Å². The lowest BCUT2D eigenvalue weighted by Gasteiger charge is -2.30. The first kappa shape index (κ1) is 14.4. The molecule has 0 saturated heterocycles. The number of carbonyl (C=O) groups excluding carboxylic acids is 1. The molecule has 6 nitrogen and oxygen atoms in total. The van der Waals surface area contributed by atoms with Crippen molar-refractivity contribution in [2.45, 2.75) is 25.3 Å². The Hall–Kier alpha value is -2.21. The summed E-state index contributed by atoms with van der Waals surface area (Å²) in [5.74, 6) is 1.13. The number of rotatable bonds is 4. The van der Waals surface area contributed by atoms with Crippen molar-refractivity contribution in [2.75, 3.05) is 6.61 Å². The molecule has 1 heterocycles. The van der Waals surface area contributed by atoms with Crippen molar-refractivity contribution in [2.24, 2.45) is 17.8 Å². The molecular weight excluding hydrogens is 292 g/mol. The second kappa shape index (κ2) is 5.77. The molecular formula is C17H20N4O2. The first-order chi connectivity index (χ1) is 11.3. The number of hydrogen-bond donors (Lipinski definition) is 2. The minimum absolute atomic E-state index is 0.0509. The zero-order valence-corrected chi connectivity index (χ0v) is 12.8. The van der Waals surface area contributed by atoms with E-state index in [2.05, 4.69) is 15.4 Å². The molecule has 4 unspecified atom stereocenters. The molecule has 1 aromatic heterocycles. The first-order valence-electron chi connectivity index (χ1n) is 8.15. The van der Waals surface area contributed by atoms with E-state index in [0.29, 0.717) is 11.8 Å². The molecule has 1 aromatic carbocycles. The van der Waals surface area contributed by atoms with Crippen molar-refractivity contribution >= 4 is 5.91 Å². The van der Waals surface area contributed by atoms with Gasteiger partial charge in [0, 0.05) is 18.6 Å². The topological polar surface area (TPSA) is 80.0 Å². The van der Waals surface area contributed by atoms with E-state index >= 15 is 0 Å². The van der Waals surface area contributed by atoms with Crippen molar-refractivity contribution in [3.05, 3.63) is 42.5 Å². The molecule has 120 valence electrons. The molecule has 2 N–H and O–H groups in total. The van der Waals surface area contributed by atoms with Gasteiger partial charge in [-0.25, -0.2) is 9.67 Å². The van der Waals surface area contributed by atoms with Gasteiger partial charge in [0.2, 0.25) is 5.82 Å². The van der Waals surface area contributed by atoms with E-state index in [4.69, 9.17) is 0 Å². The number of para-hydroxylation sites is 1. The van der Waals surface area contributed by atoms with Crippen molar-refractivity contribution in [1.82, 2.24) is 20.1 Å². The maximum Gasteiger partial charge on any atom is 0.291 e. The summed E-state index contributed by atoms with van der Waals surface area (Å²) in [6.45, 7) is 0.137. The lowest BCUT2D eigenvalue weighted by molar-refractivity contribution is 0.0851. The number of hydrogen-bond acceptors (Lipinski definition) is 4. The molecule has 1 amide bonds. The Labute approximate surface area is 134 Å². The number of nitrogens with one attached hydrogen (secondary N) is 1. The van der Waals surface area contributed by atoms with Crippen LogP contribution in [0.2, 0.25) is 0 Å². The van der Waals surface area contributed by atoms with Gasteiger partial charge in [0.05, 0.1) is 5.69 Å². The number of aliphatic hydroxyl groups excluding tert-OH is 1. The third-order valence-electron chi connectivity index (χ3n) is 5.31.